The molecule has 2 aromatic heterocycles. The van der Waals surface area contributed by atoms with Crippen molar-refractivity contribution in [1.29, 1.82) is 0 Å². The van der Waals surface area contributed by atoms with Crippen molar-refractivity contribution in [3.63, 3.8) is 0 Å². The van der Waals surface area contributed by atoms with Gasteiger partial charge in [0.25, 0.3) is 0 Å². The van der Waals surface area contributed by atoms with Crippen molar-refractivity contribution < 1.29 is 0 Å². The molecule has 1 aliphatic carbocycles. The number of aromatic nitrogens is 3. The third-order valence-corrected chi connectivity index (χ3v) is 7.00. The number of hydrogen-bond donors (Lipinski definition) is 0. The van der Waals surface area contributed by atoms with Crippen LogP contribution in [-0.2, 0) is 0 Å². The van der Waals surface area contributed by atoms with Gasteiger partial charge in [0.05, 0.1) is 17.3 Å². The summed E-state index contributed by atoms with van der Waals surface area (Å²) in [6.45, 7) is 0. The zero-order valence-electron chi connectivity index (χ0n) is 18.3. The van der Waals surface area contributed by atoms with Gasteiger partial charge in [0.15, 0.2) is 0 Å². The molecular formula is C30H20ClN3. The number of nitrogens with zero attached hydrogens (tertiary/aromatic N) is 3. The van der Waals surface area contributed by atoms with Crippen LogP contribution in [-0.4, -0.2) is 14.5 Å². The molecule has 1 unspecified atom stereocenters. The highest BCUT2D eigenvalue weighted by atomic mass is 35.5. The summed E-state index contributed by atoms with van der Waals surface area (Å²) >= 11 is 6.40. The van der Waals surface area contributed by atoms with Crippen LogP contribution in [0.4, 0.5) is 0 Å². The fourth-order valence-corrected chi connectivity index (χ4v) is 5.53. The average Bonchev–Trinajstić information content (AvgIpc) is 3.22. The average molecular weight is 458 g/mol. The number of halogens is 1. The minimum atomic E-state index is 0.263. The molecule has 34 heavy (non-hydrogen) atoms. The fraction of sp³-hybridized carbons (Fsp3) is 0.0667. The molecule has 0 saturated carbocycles. The number of rotatable bonds is 2. The number of fused-ring (bicyclic) bond motifs is 6. The summed E-state index contributed by atoms with van der Waals surface area (Å²) in [5, 5.41) is 6.06. The Morgan fingerprint density at radius 2 is 1.59 bits per heavy atom. The predicted molar refractivity (Wildman–Crippen MR) is 142 cm³/mol. The van der Waals surface area contributed by atoms with Crippen molar-refractivity contribution in [2.45, 2.75) is 12.5 Å². The Balaban J connectivity index is 1.54. The molecule has 0 fully saturated rings. The molecule has 4 heteroatoms. The van der Waals surface area contributed by atoms with E-state index in [1.54, 1.807) is 0 Å². The first-order chi connectivity index (χ1) is 16.8. The number of hydrogen-bond acceptors (Lipinski definition) is 2. The summed E-state index contributed by atoms with van der Waals surface area (Å²) < 4.78 is 2.45. The number of allylic oxidation sites excluding steroid dienone is 4. The molecule has 0 saturated heterocycles. The largest absolute Gasteiger partial charge is 0.333 e. The van der Waals surface area contributed by atoms with E-state index < -0.39 is 0 Å². The summed E-state index contributed by atoms with van der Waals surface area (Å²) in [4.78, 5) is 9.26. The standard InChI is InChI=1S/C30H20ClN3/c31-30-32-25-16-14-19-8-4-5-11-22(19)28(25)29(33-30)20-15-17-27-24(18-20)23-12-6-7-13-26(23)34(27)21-9-2-1-3-10-21/h1-9,11-18,21H,10H2. The van der Waals surface area contributed by atoms with Crippen LogP contribution in [0.3, 0.4) is 0 Å². The normalized spacial score (nSPS) is 15.7. The first-order valence-corrected chi connectivity index (χ1v) is 11.9. The zero-order chi connectivity index (χ0) is 22.6. The maximum atomic E-state index is 6.40. The number of para-hydroxylation sites is 1. The Bertz CT molecular complexity index is 1810. The number of benzene rings is 4. The van der Waals surface area contributed by atoms with Crippen LogP contribution < -0.4 is 0 Å². The molecule has 0 bridgehead atoms. The van der Waals surface area contributed by atoms with E-state index in [-0.39, 0.29) is 5.28 Å². The Morgan fingerprint density at radius 1 is 0.765 bits per heavy atom. The Hall–Kier alpha value is -3.95. The van der Waals surface area contributed by atoms with Crippen molar-refractivity contribution >= 4 is 55.1 Å². The molecule has 4 aromatic carbocycles. The minimum Gasteiger partial charge on any atom is -0.333 e. The summed E-state index contributed by atoms with van der Waals surface area (Å²) in [6, 6.07) is 28.1. The van der Waals surface area contributed by atoms with E-state index in [9.17, 15) is 0 Å². The summed E-state index contributed by atoms with van der Waals surface area (Å²) in [5.74, 6) is 0. The Kier molecular flexibility index (Phi) is 4.33. The van der Waals surface area contributed by atoms with Crippen LogP contribution in [0.15, 0.2) is 103 Å². The molecule has 1 aliphatic rings. The van der Waals surface area contributed by atoms with E-state index in [0.717, 1.165) is 39.4 Å². The zero-order valence-corrected chi connectivity index (χ0v) is 19.1. The second-order valence-corrected chi connectivity index (χ2v) is 9.10. The van der Waals surface area contributed by atoms with Gasteiger partial charge in [-0.15, -0.1) is 0 Å². The van der Waals surface area contributed by atoms with Gasteiger partial charge in [-0.1, -0.05) is 78.9 Å². The van der Waals surface area contributed by atoms with E-state index in [1.807, 2.05) is 6.07 Å². The van der Waals surface area contributed by atoms with Gasteiger partial charge in [-0.3, -0.25) is 0 Å². The van der Waals surface area contributed by atoms with Crippen LogP contribution in [0.5, 0.6) is 0 Å². The van der Waals surface area contributed by atoms with Crippen LogP contribution in [0.2, 0.25) is 5.28 Å². The molecule has 3 nitrogen and oxygen atoms in total. The first kappa shape index (κ1) is 19.5. The van der Waals surface area contributed by atoms with Crippen molar-refractivity contribution in [3.8, 4) is 11.3 Å². The van der Waals surface area contributed by atoms with E-state index in [2.05, 4.69) is 107 Å². The highest BCUT2D eigenvalue weighted by Crippen LogP contribution is 2.39. The Morgan fingerprint density at radius 3 is 2.47 bits per heavy atom. The van der Waals surface area contributed by atoms with Gasteiger partial charge in [-0.2, -0.15) is 0 Å². The van der Waals surface area contributed by atoms with Crippen molar-refractivity contribution in [2.75, 3.05) is 0 Å². The molecular weight excluding hydrogens is 438 g/mol. The fourth-order valence-electron chi connectivity index (χ4n) is 5.35. The lowest BCUT2D eigenvalue weighted by Crippen LogP contribution is -2.06. The molecule has 6 aromatic rings. The molecule has 0 radical (unpaired) electrons. The van der Waals surface area contributed by atoms with Crippen LogP contribution in [0, 0.1) is 0 Å². The van der Waals surface area contributed by atoms with E-state index >= 15 is 0 Å². The van der Waals surface area contributed by atoms with Gasteiger partial charge in [0, 0.05) is 32.8 Å². The third-order valence-electron chi connectivity index (χ3n) is 6.83. The second kappa shape index (κ2) is 7.54. The van der Waals surface area contributed by atoms with E-state index in [0.29, 0.717) is 6.04 Å². The maximum absolute atomic E-state index is 6.40. The van der Waals surface area contributed by atoms with E-state index in [4.69, 9.17) is 16.6 Å². The van der Waals surface area contributed by atoms with E-state index in [1.165, 1.54) is 21.8 Å². The second-order valence-electron chi connectivity index (χ2n) is 8.76. The Labute approximate surface area is 201 Å². The van der Waals surface area contributed by atoms with Gasteiger partial charge in [-0.05, 0) is 53.1 Å². The molecule has 0 spiro atoms. The molecule has 0 amide bonds. The summed E-state index contributed by atoms with van der Waals surface area (Å²) in [5.41, 5.74) is 5.24. The van der Waals surface area contributed by atoms with Crippen LogP contribution in [0.1, 0.15) is 12.5 Å². The lowest BCUT2D eigenvalue weighted by Gasteiger charge is -2.18. The lowest BCUT2D eigenvalue weighted by atomic mass is 9.99. The minimum absolute atomic E-state index is 0.263. The van der Waals surface area contributed by atoms with Gasteiger partial charge >= 0.3 is 0 Å². The quantitative estimate of drug-likeness (QED) is 0.193. The van der Waals surface area contributed by atoms with Crippen LogP contribution >= 0.6 is 11.6 Å². The molecule has 1 atom stereocenters. The summed E-state index contributed by atoms with van der Waals surface area (Å²) in [7, 11) is 0. The van der Waals surface area contributed by atoms with Crippen molar-refractivity contribution in [3.05, 3.63) is 108 Å². The lowest BCUT2D eigenvalue weighted by molar-refractivity contribution is 0.648. The SMILES string of the molecule is Clc1nc(-c2ccc3c(c2)c2ccccc2n3C2C=CC=CC2)c2c(ccc3ccccc32)n1. The molecule has 0 aliphatic heterocycles. The monoisotopic (exact) mass is 457 g/mol. The van der Waals surface area contributed by atoms with Gasteiger partial charge in [0.2, 0.25) is 5.28 Å². The van der Waals surface area contributed by atoms with Gasteiger partial charge in [0.1, 0.15) is 0 Å². The molecule has 2 heterocycles. The first-order valence-electron chi connectivity index (χ1n) is 11.5. The van der Waals surface area contributed by atoms with Crippen molar-refractivity contribution in [2.24, 2.45) is 0 Å². The topological polar surface area (TPSA) is 30.7 Å². The molecule has 7 rings (SSSR count). The van der Waals surface area contributed by atoms with Gasteiger partial charge in [-0.25, -0.2) is 9.97 Å². The molecule has 162 valence electrons. The van der Waals surface area contributed by atoms with Crippen LogP contribution in [0.25, 0.3) is 54.7 Å². The smallest absolute Gasteiger partial charge is 0.223 e. The third kappa shape index (κ3) is 2.91. The highest BCUT2D eigenvalue weighted by molar-refractivity contribution is 6.29. The summed E-state index contributed by atoms with van der Waals surface area (Å²) in [6.07, 6.45) is 9.77. The maximum Gasteiger partial charge on any atom is 0.223 e. The predicted octanol–water partition coefficient (Wildman–Crippen LogP) is 8.27. The molecule has 0 N–H and O–H groups in total. The van der Waals surface area contributed by atoms with Crippen molar-refractivity contribution in [1.82, 2.24) is 14.5 Å². The van der Waals surface area contributed by atoms with Gasteiger partial charge < -0.3 is 4.57 Å². The highest BCUT2D eigenvalue weighted by Gasteiger charge is 2.19.